The third kappa shape index (κ3) is 4.43. The number of hydrogen-bond acceptors (Lipinski definition) is 0. The number of fused-ring (bicyclic) bond motifs is 1. The molecule has 0 saturated heterocycles. The van der Waals surface area contributed by atoms with Crippen LogP contribution in [0.25, 0.3) is 22.8 Å². The van der Waals surface area contributed by atoms with Crippen molar-refractivity contribution in [2.24, 2.45) is 0 Å². The van der Waals surface area contributed by atoms with E-state index in [9.17, 15) is 13.2 Å². The standard InChI is InChI=1S/C27H24F4/c1-2-3-4-5-17-6-8-18(9-7-17)19-10-12-22-21(14-19)16-25(30)26(27(22)31)20-11-13-23(28)24(29)15-20/h6-9,11,13-16H,2-5,10,12H2,1H3. The molecule has 3 aromatic rings. The van der Waals surface area contributed by atoms with Gasteiger partial charge in [-0.05, 0) is 77.3 Å². The van der Waals surface area contributed by atoms with Gasteiger partial charge in [0.05, 0.1) is 5.56 Å². The molecule has 1 aliphatic carbocycles. The van der Waals surface area contributed by atoms with E-state index in [1.165, 1.54) is 37.0 Å². The second-order valence-corrected chi connectivity index (χ2v) is 8.07. The second kappa shape index (κ2) is 9.09. The molecule has 160 valence electrons. The Bertz CT molecular complexity index is 1130. The Kier molecular flexibility index (Phi) is 6.26. The van der Waals surface area contributed by atoms with Crippen molar-refractivity contribution < 1.29 is 17.6 Å². The quantitative estimate of drug-likeness (QED) is 0.277. The van der Waals surface area contributed by atoms with Crippen molar-refractivity contribution in [2.45, 2.75) is 45.4 Å². The van der Waals surface area contributed by atoms with Gasteiger partial charge in [0.1, 0.15) is 11.6 Å². The van der Waals surface area contributed by atoms with E-state index in [0.29, 0.717) is 24.0 Å². The molecule has 0 heterocycles. The highest BCUT2D eigenvalue weighted by atomic mass is 19.2. The summed E-state index contributed by atoms with van der Waals surface area (Å²) in [5.74, 6) is -3.67. The van der Waals surface area contributed by atoms with E-state index >= 15 is 4.39 Å². The lowest BCUT2D eigenvalue weighted by molar-refractivity contribution is 0.508. The zero-order chi connectivity index (χ0) is 22.0. The number of allylic oxidation sites excluding steroid dienone is 1. The van der Waals surface area contributed by atoms with Crippen molar-refractivity contribution in [1.82, 2.24) is 0 Å². The number of halogens is 4. The van der Waals surface area contributed by atoms with Gasteiger partial charge < -0.3 is 0 Å². The van der Waals surface area contributed by atoms with Gasteiger partial charge in [-0.1, -0.05) is 56.2 Å². The molecule has 1 aliphatic rings. The Morgan fingerprint density at radius 1 is 0.742 bits per heavy atom. The first-order valence-electron chi connectivity index (χ1n) is 10.7. The van der Waals surface area contributed by atoms with E-state index in [-0.39, 0.29) is 11.1 Å². The van der Waals surface area contributed by atoms with Crippen LogP contribution in [0, 0.1) is 23.3 Å². The smallest absolute Gasteiger partial charge is 0.159 e. The molecule has 4 rings (SSSR count). The minimum absolute atomic E-state index is 0.00913. The highest BCUT2D eigenvalue weighted by Gasteiger charge is 2.23. The maximum Gasteiger partial charge on any atom is 0.159 e. The van der Waals surface area contributed by atoms with E-state index in [1.54, 1.807) is 0 Å². The van der Waals surface area contributed by atoms with Crippen LogP contribution in [0.3, 0.4) is 0 Å². The van der Waals surface area contributed by atoms with Crippen LogP contribution >= 0.6 is 0 Å². The normalized spacial score (nSPS) is 13.1. The first-order valence-corrected chi connectivity index (χ1v) is 10.7. The summed E-state index contributed by atoms with van der Waals surface area (Å²) in [6.07, 6.45) is 7.50. The second-order valence-electron chi connectivity index (χ2n) is 8.07. The van der Waals surface area contributed by atoms with E-state index in [2.05, 4.69) is 31.2 Å². The van der Waals surface area contributed by atoms with Crippen molar-refractivity contribution in [3.63, 3.8) is 0 Å². The van der Waals surface area contributed by atoms with Crippen LogP contribution in [-0.4, -0.2) is 0 Å². The molecule has 0 fully saturated rings. The summed E-state index contributed by atoms with van der Waals surface area (Å²) in [6.45, 7) is 2.18. The molecule has 0 N–H and O–H groups in total. The molecular formula is C27H24F4. The van der Waals surface area contributed by atoms with Crippen LogP contribution in [0.2, 0.25) is 0 Å². The average Bonchev–Trinajstić information content (AvgIpc) is 2.76. The zero-order valence-electron chi connectivity index (χ0n) is 17.5. The summed E-state index contributed by atoms with van der Waals surface area (Å²) < 4.78 is 56.8. The Balaban J connectivity index is 1.64. The summed E-state index contributed by atoms with van der Waals surface area (Å²) in [6, 6.07) is 12.6. The molecule has 0 aliphatic heterocycles. The highest BCUT2D eigenvalue weighted by Crippen LogP contribution is 2.37. The minimum Gasteiger partial charge on any atom is -0.206 e. The lowest BCUT2D eigenvalue weighted by atomic mass is 9.86. The number of benzene rings is 3. The molecule has 0 spiro atoms. The molecule has 0 nitrogen and oxygen atoms in total. The van der Waals surface area contributed by atoms with E-state index in [0.717, 1.165) is 29.7 Å². The van der Waals surface area contributed by atoms with E-state index in [1.807, 2.05) is 6.08 Å². The monoisotopic (exact) mass is 424 g/mol. The van der Waals surface area contributed by atoms with Gasteiger partial charge in [-0.25, -0.2) is 17.6 Å². The Labute approximate surface area is 180 Å². The highest BCUT2D eigenvalue weighted by molar-refractivity contribution is 5.85. The predicted octanol–water partition coefficient (Wildman–Crippen LogP) is 8.13. The van der Waals surface area contributed by atoms with Crippen LogP contribution in [0.15, 0.2) is 48.5 Å². The van der Waals surface area contributed by atoms with E-state index in [4.69, 9.17) is 0 Å². The average molecular weight is 424 g/mol. The third-order valence-electron chi connectivity index (χ3n) is 5.93. The van der Waals surface area contributed by atoms with Crippen LogP contribution in [0.5, 0.6) is 0 Å². The van der Waals surface area contributed by atoms with Gasteiger partial charge in [-0.15, -0.1) is 0 Å². The third-order valence-corrected chi connectivity index (χ3v) is 5.93. The summed E-state index contributed by atoms with van der Waals surface area (Å²) in [5.41, 5.74) is 3.95. The van der Waals surface area contributed by atoms with Crippen LogP contribution in [0.1, 0.15) is 54.9 Å². The lowest BCUT2D eigenvalue weighted by Gasteiger charge is -2.20. The van der Waals surface area contributed by atoms with Crippen molar-refractivity contribution in [1.29, 1.82) is 0 Å². The number of rotatable bonds is 6. The first-order chi connectivity index (χ1) is 15.0. The number of hydrogen-bond donors (Lipinski definition) is 0. The molecule has 31 heavy (non-hydrogen) atoms. The Morgan fingerprint density at radius 3 is 2.19 bits per heavy atom. The van der Waals surface area contributed by atoms with Crippen LogP contribution in [-0.2, 0) is 12.8 Å². The molecule has 0 radical (unpaired) electrons. The molecule has 3 aromatic carbocycles. The van der Waals surface area contributed by atoms with Gasteiger partial charge in [0, 0.05) is 0 Å². The fourth-order valence-electron chi connectivity index (χ4n) is 4.19. The summed E-state index contributed by atoms with van der Waals surface area (Å²) in [5, 5.41) is 0. The van der Waals surface area contributed by atoms with Crippen molar-refractivity contribution in [3.05, 3.63) is 94.1 Å². The van der Waals surface area contributed by atoms with E-state index < -0.39 is 23.3 Å². The first kappa shape index (κ1) is 21.4. The maximum atomic E-state index is 15.2. The lowest BCUT2D eigenvalue weighted by Crippen LogP contribution is -2.06. The Morgan fingerprint density at radius 2 is 1.48 bits per heavy atom. The molecule has 0 saturated carbocycles. The molecule has 0 atom stereocenters. The van der Waals surface area contributed by atoms with Crippen molar-refractivity contribution in [2.75, 3.05) is 0 Å². The molecule has 4 heteroatoms. The van der Waals surface area contributed by atoms with Gasteiger partial charge in [0.25, 0.3) is 0 Å². The summed E-state index contributed by atoms with van der Waals surface area (Å²) in [7, 11) is 0. The largest absolute Gasteiger partial charge is 0.206 e. The Hall–Kier alpha value is -2.88. The molecule has 0 unspecified atom stereocenters. The number of aryl methyl sites for hydroxylation is 1. The molecule has 0 aromatic heterocycles. The van der Waals surface area contributed by atoms with Crippen LogP contribution in [0.4, 0.5) is 17.6 Å². The topological polar surface area (TPSA) is 0 Å². The van der Waals surface area contributed by atoms with Crippen molar-refractivity contribution in [3.8, 4) is 11.1 Å². The SMILES string of the molecule is CCCCCc1ccc(C2=Cc3cc(F)c(-c4ccc(F)c(F)c4)c(F)c3CC2)cc1. The summed E-state index contributed by atoms with van der Waals surface area (Å²) in [4.78, 5) is 0. The van der Waals surface area contributed by atoms with Gasteiger partial charge in [0.2, 0.25) is 0 Å². The fraction of sp³-hybridized carbons (Fsp3) is 0.259. The molecule has 0 amide bonds. The van der Waals surface area contributed by atoms with Crippen LogP contribution < -0.4 is 0 Å². The van der Waals surface area contributed by atoms with Gasteiger partial charge in [0.15, 0.2) is 11.6 Å². The van der Waals surface area contributed by atoms with Gasteiger partial charge in [-0.2, -0.15) is 0 Å². The maximum absolute atomic E-state index is 15.2. The summed E-state index contributed by atoms with van der Waals surface area (Å²) >= 11 is 0. The molecular weight excluding hydrogens is 400 g/mol. The van der Waals surface area contributed by atoms with Gasteiger partial charge in [-0.3, -0.25) is 0 Å². The van der Waals surface area contributed by atoms with Gasteiger partial charge >= 0.3 is 0 Å². The predicted molar refractivity (Wildman–Crippen MR) is 118 cm³/mol. The zero-order valence-corrected chi connectivity index (χ0v) is 17.5. The molecule has 0 bridgehead atoms. The fourth-order valence-corrected chi connectivity index (χ4v) is 4.19. The number of unbranched alkanes of at least 4 members (excludes halogenated alkanes) is 2. The van der Waals surface area contributed by atoms with Crippen molar-refractivity contribution >= 4 is 11.6 Å². The minimum atomic E-state index is -1.13.